The fraction of sp³-hybridized carbons (Fsp3) is 0.250. The third-order valence-electron chi connectivity index (χ3n) is 4.31. The number of nitrogens with one attached hydrogen (secondary N) is 1. The second-order valence-electron chi connectivity index (χ2n) is 6.69. The van der Waals surface area contributed by atoms with E-state index in [9.17, 15) is 9.59 Å². The zero-order valence-electron chi connectivity index (χ0n) is 15.9. The highest BCUT2D eigenvalue weighted by molar-refractivity contribution is 5.89. The standard InChI is InChI=1S/C20H22N4O4/c1-13-6-8-15(9-7-13)24-18(11-16(22-24)17-5-4-10-28-17)21-20(27)23(3)12-14(2)19(25)26/h4-11,14H,12H2,1-3H3,(H,21,27)(H,25,26). The van der Waals surface area contributed by atoms with E-state index in [0.29, 0.717) is 17.3 Å². The van der Waals surface area contributed by atoms with Crippen LogP contribution < -0.4 is 5.32 Å². The number of carbonyl (C=O) groups excluding carboxylic acids is 1. The lowest BCUT2D eigenvalue weighted by Gasteiger charge is -2.20. The minimum Gasteiger partial charge on any atom is -0.481 e. The normalized spacial score (nSPS) is 11.8. The highest BCUT2D eigenvalue weighted by Crippen LogP contribution is 2.25. The maximum atomic E-state index is 12.6. The van der Waals surface area contributed by atoms with Gasteiger partial charge in [-0.15, -0.1) is 0 Å². The topological polar surface area (TPSA) is 101 Å². The van der Waals surface area contributed by atoms with Crippen LogP contribution in [0.3, 0.4) is 0 Å². The molecule has 3 aromatic rings. The Morgan fingerprint density at radius 2 is 2.00 bits per heavy atom. The van der Waals surface area contributed by atoms with Crippen LogP contribution in [0.2, 0.25) is 0 Å². The Morgan fingerprint density at radius 3 is 2.61 bits per heavy atom. The number of rotatable bonds is 6. The first kappa shape index (κ1) is 19.2. The molecule has 0 fully saturated rings. The van der Waals surface area contributed by atoms with Crippen LogP contribution in [0.15, 0.2) is 53.1 Å². The molecule has 8 heteroatoms. The van der Waals surface area contributed by atoms with Gasteiger partial charge in [0.25, 0.3) is 0 Å². The van der Waals surface area contributed by atoms with Gasteiger partial charge in [-0.2, -0.15) is 5.10 Å². The van der Waals surface area contributed by atoms with Crippen molar-refractivity contribution in [2.45, 2.75) is 13.8 Å². The summed E-state index contributed by atoms with van der Waals surface area (Å²) < 4.78 is 7.02. The van der Waals surface area contributed by atoms with Crippen LogP contribution >= 0.6 is 0 Å². The molecule has 0 aliphatic heterocycles. The summed E-state index contributed by atoms with van der Waals surface area (Å²) >= 11 is 0. The van der Waals surface area contributed by atoms with Crippen LogP contribution in [0.4, 0.5) is 10.6 Å². The molecule has 8 nitrogen and oxygen atoms in total. The van der Waals surface area contributed by atoms with Crippen LogP contribution in [-0.4, -0.2) is 45.4 Å². The smallest absolute Gasteiger partial charge is 0.322 e. The Kier molecular flexibility index (Phi) is 5.49. The quantitative estimate of drug-likeness (QED) is 0.678. The van der Waals surface area contributed by atoms with E-state index in [1.165, 1.54) is 4.90 Å². The van der Waals surface area contributed by atoms with Gasteiger partial charge in [-0.1, -0.05) is 24.6 Å². The van der Waals surface area contributed by atoms with Gasteiger partial charge in [-0.3, -0.25) is 10.1 Å². The van der Waals surface area contributed by atoms with Gasteiger partial charge in [-0.05, 0) is 31.2 Å². The Labute approximate surface area is 162 Å². The first-order valence-electron chi connectivity index (χ1n) is 8.81. The van der Waals surface area contributed by atoms with Crippen LogP contribution in [0.25, 0.3) is 17.1 Å². The molecular weight excluding hydrogens is 360 g/mol. The maximum Gasteiger partial charge on any atom is 0.322 e. The molecule has 0 saturated heterocycles. The number of aromatic nitrogens is 2. The summed E-state index contributed by atoms with van der Waals surface area (Å²) in [6.45, 7) is 3.63. The molecule has 0 aliphatic carbocycles. The molecule has 28 heavy (non-hydrogen) atoms. The summed E-state index contributed by atoms with van der Waals surface area (Å²) in [5, 5.41) is 16.4. The van der Waals surface area contributed by atoms with Gasteiger partial charge in [0.2, 0.25) is 0 Å². The Hall–Kier alpha value is -3.55. The van der Waals surface area contributed by atoms with Crippen molar-refractivity contribution in [1.29, 1.82) is 0 Å². The summed E-state index contributed by atoms with van der Waals surface area (Å²) in [5.74, 6) is -0.592. The van der Waals surface area contributed by atoms with E-state index in [1.54, 1.807) is 43.1 Å². The Bertz CT molecular complexity index is 961. The zero-order chi connectivity index (χ0) is 20.3. The molecule has 0 aliphatic rings. The summed E-state index contributed by atoms with van der Waals surface area (Å²) in [7, 11) is 1.55. The minimum absolute atomic E-state index is 0.0882. The monoisotopic (exact) mass is 382 g/mol. The average Bonchev–Trinajstić information content (AvgIpc) is 3.32. The fourth-order valence-corrected chi connectivity index (χ4v) is 2.67. The van der Waals surface area contributed by atoms with Gasteiger partial charge in [0.1, 0.15) is 11.5 Å². The number of nitrogens with zero attached hydrogens (tertiary/aromatic N) is 3. The molecule has 0 bridgehead atoms. The van der Waals surface area contributed by atoms with Crippen LogP contribution in [-0.2, 0) is 4.79 Å². The summed E-state index contributed by atoms with van der Waals surface area (Å²) in [6.07, 6.45) is 1.56. The average molecular weight is 382 g/mol. The van der Waals surface area contributed by atoms with Crippen molar-refractivity contribution >= 4 is 17.8 Å². The molecule has 0 saturated carbocycles. The van der Waals surface area contributed by atoms with E-state index in [4.69, 9.17) is 9.52 Å². The second-order valence-corrected chi connectivity index (χ2v) is 6.69. The number of furan rings is 1. The predicted molar refractivity (Wildman–Crippen MR) is 104 cm³/mol. The summed E-state index contributed by atoms with van der Waals surface area (Å²) in [4.78, 5) is 24.9. The van der Waals surface area contributed by atoms with Crippen molar-refractivity contribution in [3.05, 3.63) is 54.3 Å². The molecule has 2 heterocycles. The maximum absolute atomic E-state index is 12.6. The molecule has 0 radical (unpaired) electrons. The largest absolute Gasteiger partial charge is 0.481 e. The van der Waals surface area contributed by atoms with Crippen molar-refractivity contribution in [2.75, 3.05) is 18.9 Å². The molecular formula is C20H22N4O4. The number of amides is 2. The van der Waals surface area contributed by atoms with Crippen molar-refractivity contribution in [3.8, 4) is 17.1 Å². The second kappa shape index (κ2) is 7.99. The number of hydrogen-bond acceptors (Lipinski definition) is 4. The zero-order valence-corrected chi connectivity index (χ0v) is 15.9. The number of aryl methyl sites for hydroxylation is 1. The number of urea groups is 1. The first-order valence-corrected chi connectivity index (χ1v) is 8.81. The van der Waals surface area contributed by atoms with Crippen LogP contribution in [0, 0.1) is 12.8 Å². The lowest BCUT2D eigenvalue weighted by Crippen LogP contribution is -2.37. The van der Waals surface area contributed by atoms with E-state index in [1.807, 2.05) is 31.2 Å². The molecule has 146 valence electrons. The number of carboxylic acids is 1. The molecule has 1 aromatic carbocycles. The van der Waals surface area contributed by atoms with Crippen LogP contribution in [0.1, 0.15) is 12.5 Å². The SMILES string of the molecule is Cc1ccc(-n2nc(-c3ccco3)cc2NC(=O)N(C)CC(C)C(=O)O)cc1. The molecule has 3 rings (SSSR count). The van der Waals surface area contributed by atoms with E-state index in [-0.39, 0.29) is 6.54 Å². The molecule has 2 N–H and O–H groups in total. The minimum atomic E-state index is -0.954. The molecule has 2 aromatic heterocycles. The Balaban J connectivity index is 1.89. The van der Waals surface area contributed by atoms with E-state index < -0.39 is 17.9 Å². The van der Waals surface area contributed by atoms with Crippen molar-refractivity contribution < 1.29 is 19.1 Å². The molecule has 1 unspecified atom stereocenters. The molecule has 0 spiro atoms. The lowest BCUT2D eigenvalue weighted by atomic mass is 10.2. The molecule has 2 amide bonds. The molecule has 1 atom stereocenters. The highest BCUT2D eigenvalue weighted by atomic mass is 16.4. The van der Waals surface area contributed by atoms with Gasteiger partial charge in [-0.25, -0.2) is 9.48 Å². The van der Waals surface area contributed by atoms with Crippen molar-refractivity contribution in [2.24, 2.45) is 5.92 Å². The number of carboxylic acid groups (broad SMARTS) is 1. The first-order chi connectivity index (χ1) is 13.3. The highest BCUT2D eigenvalue weighted by Gasteiger charge is 2.20. The van der Waals surface area contributed by atoms with Gasteiger partial charge >= 0.3 is 12.0 Å². The lowest BCUT2D eigenvalue weighted by molar-refractivity contribution is -0.141. The van der Waals surface area contributed by atoms with E-state index >= 15 is 0 Å². The van der Waals surface area contributed by atoms with Gasteiger partial charge in [0, 0.05) is 19.7 Å². The number of carbonyl (C=O) groups is 2. The predicted octanol–water partition coefficient (Wildman–Crippen LogP) is 3.63. The fourth-order valence-electron chi connectivity index (χ4n) is 2.67. The number of hydrogen-bond donors (Lipinski definition) is 2. The van der Waals surface area contributed by atoms with Gasteiger partial charge < -0.3 is 14.4 Å². The van der Waals surface area contributed by atoms with Gasteiger partial charge in [0.05, 0.1) is 17.9 Å². The van der Waals surface area contributed by atoms with Crippen molar-refractivity contribution in [1.82, 2.24) is 14.7 Å². The van der Waals surface area contributed by atoms with Crippen molar-refractivity contribution in [3.63, 3.8) is 0 Å². The summed E-state index contributed by atoms with van der Waals surface area (Å²) in [6, 6.07) is 12.6. The number of anilines is 1. The van der Waals surface area contributed by atoms with E-state index in [0.717, 1.165) is 11.3 Å². The Morgan fingerprint density at radius 1 is 1.29 bits per heavy atom. The third-order valence-corrected chi connectivity index (χ3v) is 4.31. The third kappa shape index (κ3) is 4.22. The van der Waals surface area contributed by atoms with E-state index in [2.05, 4.69) is 10.4 Å². The summed E-state index contributed by atoms with van der Waals surface area (Å²) in [5.41, 5.74) is 2.46. The number of benzene rings is 1. The van der Waals surface area contributed by atoms with Crippen LogP contribution in [0.5, 0.6) is 0 Å². The van der Waals surface area contributed by atoms with Gasteiger partial charge in [0.15, 0.2) is 5.76 Å². The number of aliphatic carboxylic acids is 1.